The summed E-state index contributed by atoms with van der Waals surface area (Å²) in [7, 11) is 0. The molecule has 1 fully saturated rings. The third kappa shape index (κ3) is 2.82. The summed E-state index contributed by atoms with van der Waals surface area (Å²) in [5.74, 6) is -1.16. The molecule has 2 rings (SSSR count). The Morgan fingerprint density at radius 2 is 1.88 bits per heavy atom. The number of piperidine rings is 1. The van der Waals surface area contributed by atoms with Crippen molar-refractivity contribution < 1.29 is 13.9 Å². The number of likely N-dealkylation sites (tertiary alicyclic amines) is 1. The van der Waals surface area contributed by atoms with Crippen molar-refractivity contribution in [3.05, 3.63) is 35.4 Å². The smallest absolute Gasteiger partial charge is 0.130 e. The number of halogens is 2. The second-order valence-corrected chi connectivity index (χ2v) is 4.46. The van der Waals surface area contributed by atoms with Crippen LogP contribution < -0.4 is 0 Å². The monoisotopic (exact) mass is 241 g/mol. The zero-order chi connectivity index (χ0) is 12.3. The van der Waals surface area contributed by atoms with Crippen molar-refractivity contribution in [1.29, 1.82) is 0 Å². The summed E-state index contributed by atoms with van der Waals surface area (Å²) >= 11 is 0. The van der Waals surface area contributed by atoms with Crippen molar-refractivity contribution in [2.75, 3.05) is 19.7 Å². The molecule has 1 aromatic rings. The van der Waals surface area contributed by atoms with Crippen LogP contribution in [0.3, 0.4) is 0 Å². The molecule has 0 aromatic heterocycles. The summed E-state index contributed by atoms with van der Waals surface area (Å²) in [6.07, 6.45) is 3.32. The average molecular weight is 241 g/mol. The van der Waals surface area contributed by atoms with Gasteiger partial charge in [0.2, 0.25) is 0 Å². The number of nitrogens with zero attached hydrogens (tertiary/aromatic N) is 1. The van der Waals surface area contributed by atoms with Crippen LogP contribution in [0.1, 0.15) is 30.9 Å². The van der Waals surface area contributed by atoms with Gasteiger partial charge in [0, 0.05) is 11.6 Å². The Morgan fingerprint density at radius 3 is 2.47 bits per heavy atom. The van der Waals surface area contributed by atoms with Crippen LogP contribution in [0.25, 0.3) is 0 Å². The number of aliphatic hydroxyl groups excluding tert-OH is 1. The highest BCUT2D eigenvalue weighted by Crippen LogP contribution is 2.26. The number of hydrogen-bond donors (Lipinski definition) is 1. The minimum atomic E-state index is -0.582. The lowest BCUT2D eigenvalue weighted by molar-refractivity contribution is 0.102. The van der Waals surface area contributed by atoms with Crippen LogP contribution in [-0.4, -0.2) is 29.7 Å². The third-order valence-electron chi connectivity index (χ3n) is 3.33. The quantitative estimate of drug-likeness (QED) is 0.878. The van der Waals surface area contributed by atoms with Gasteiger partial charge in [0.25, 0.3) is 0 Å². The highest BCUT2D eigenvalue weighted by atomic mass is 19.1. The summed E-state index contributed by atoms with van der Waals surface area (Å²) < 4.78 is 26.5. The molecular weight excluding hydrogens is 224 g/mol. The maximum atomic E-state index is 13.7. The Morgan fingerprint density at radius 1 is 1.18 bits per heavy atom. The van der Waals surface area contributed by atoms with E-state index >= 15 is 0 Å². The van der Waals surface area contributed by atoms with E-state index in [-0.39, 0.29) is 12.6 Å². The van der Waals surface area contributed by atoms with E-state index in [0.717, 1.165) is 32.0 Å². The first-order chi connectivity index (χ1) is 8.22. The van der Waals surface area contributed by atoms with E-state index in [0.29, 0.717) is 5.56 Å². The van der Waals surface area contributed by atoms with Gasteiger partial charge >= 0.3 is 0 Å². The van der Waals surface area contributed by atoms with Crippen LogP contribution in [0.2, 0.25) is 0 Å². The van der Waals surface area contributed by atoms with E-state index in [1.165, 1.54) is 18.6 Å². The van der Waals surface area contributed by atoms with E-state index in [9.17, 15) is 13.9 Å². The molecule has 0 amide bonds. The maximum absolute atomic E-state index is 13.7. The van der Waals surface area contributed by atoms with Crippen molar-refractivity contribution >= 4 is 0 Å². The number of hydrogen-bond acceptors (Lipinski definition) is 2. The molecule has 0 aliphatic carbocycles. The topological polar surface area (TPSA) is 23.5 Å². The average Bonchev–Trinajstić information content (AvgIpc) is 2.34. The van der Waals surface area contributed by atoms with Crippen molar-refractivity contribution in [2.45, 2.75) is 25.3 Å². The second kappa shape index (κ2) is 5.56. The summed E-state index contributed by atoms with van der Waals surface area (Å²) in [4.78, 5) is 2.07. The van der Waals surface area contributed by atoms with Crippen LogP contribution in [0.4, 0.5) is 8.78 Å². The zero-order valence-electron chi connectivity index (χ0n) is 9.70. The molecule has 0 bridgehead atoms. The minimum Gasteiger partial charge on any atom is -0.394 e. The highest BCUT2D eigenvalue weighted by molar-refractivity contribution is 5.22. The maximum Gasteiger partial charge on any atom is 0.130 e. The SMILES string of the molecule is OCC(c1ccc(F)cc1F)N1CCCCC1. The summed E-state index contributed by atoms with van der Waals surface area (Å²) in [6, 6.07) is 3.20. The molecule has 1 atom stereocenters. The molecule has 1 aliphatic rings. The van der Waals surface area contributed by atoms with Gasteiger partial charge < -0.3 is 5.11 Å². The van der Waals surface area contributed by atoms with Crippen LogP contribution in [-0.2, 0) is 0 Å². The lowest BCUT2D eigenvalue weighted by atomic mass is 10.0. The van der Waals surface area contributed by atoms with Gasteiger partial charge in [-0.25, -0.2) is 8.78 Å². The first-order valence-electron chi connectivity index (χ1n) is 6.02. The summed E-state index contributed by atoms with van der Waals surface area (Å²) in [5, 5.41) is 9.42. The second-order valence-electron chi connectivity index (χ2n) is 4.46. The lowest BCUT2D eigenvalue weighted by Gasteiger charge is -2.33. The largest absolute Gasteiger partial charge is 0.394 e. The number of rotatable bonds is 3. The zero-order valence-corrected chi connectivity index (χ0v) is 9.70. The van der Waals surface area contributed by atoms with E-state index in [1.54, 1.807) is 0 Å². The van der Waals surface area contributed by atoms with Crippen LogP contribution in [0, 0.1) is 11.6 Å². The summed E-state index contributed by atoms with van der Waals surface area (Å²) in [6.45, 7) is 1.59. The van der Waals surface area contributed by atoms with Crippen LogP contribution in [0.15, 0.2) is 18.2 Å². The fourth-order valence-electron chi connectivity index (χ4n) is 2.41. The lowest BCUT2D eigenvalue weighted by Crippen LogP contribution is -2.36. The standard InChI is InChI=1S/C13H17F2NO/c14-10-4-5-11(12(15)8-10)13(9-17)16-6-2-1-3-7-16/h4-5,8,13,17H,1-3,6-7,9H2. The molecule has 17 heavy (non-hydrogen) atoms. The van der Waals surface area contributed by atoms with Gasteiger partial charge in [-0.05, 0) is 32.0 Å². The molecule has 0 radical (unpaired) electrons. The fourth-order valence-corrected chi connectivity index (χ4v) is 2.41. The summed E-state index contributed by atoms with van der Waals surface area (Å²) in [5.41, 5.74) is 0.385. The number of benzene rings is 1. The molecule has 1 heterocycles. The van der Waals surface area contributed by atoms with Gasteiger partial charge in [-0.3, -0.25) is 4.90 Å². The van der Waals surface area contributed by atoms with Crippen LogP contribution >= 0.6 is 0 Å². The van der Waals surface area contributed by atoms with Gasteiger partial charge in [-0.15, -0.1) is 0 Å². The molecule has 1 aliphatic heterocycles. The van der Waals surface area contributed by atoms with Gasteiger partial charge in [0.05, 0.1) is 12.6 Å². The van der Waals surface area contributed by atoms with E-state index < -0.39 is 11.6 Å². The van der Waals surface area contributed by atoms with E-state index in [4.69, 9.17) is 0 Å². The molecule has 0 saturated carbocycles. The Balaban J connectivity index is 2.21. The van der Waals surface area contributed by atoms with Gasteiger partial charge in [-0.2, -0.15) is 0 Å². The van der Waals surface area contributed by atoms with Crippen molar-refractivity contribution in [3.8, 4) is 0 Å². The Labute approximate surface area is 99.9 Å². The highest BCUT2D eigenvalue weighted by Gasteiger charge is 2.24. The molecule has 0 spiro atoms. The minimum absolute atomic E-state index is 0.136. The van der Waals surface area contributed by atoms with E-state index in [1.807, 2.05) is 0 Å². The molecule has 1 N–H and O–H groups in total. The first-order valence-corrected chi connectivity index (χ1v) is 6.02. The molecule has 94 valence electrons. The van der Waals surface area contributed by atoms with Gasteiger partial charge in [0.15, 0.2) is 0 Å². The Hall–Kier alpha value is -1.00. The van der Waals surface area contributed by atoms with Gasteiger partial charge in [0.1, 0.15) is 11.6 Å². The van der Waals surface area contributed by atoms with Crippen molar-refractivity contribution in [1.82, 2.24) is 4.90 Å². The fraction of sp³-hybridized carbons (Fsp3) is 0.538. The molecule has 1 unspecified atom stereocenters. The molecule has 1 aromatic carbocycles. The van der Waals surface area contributed by atoms with E-state index in [2.05, 4.69) is 4.90 Å². The predicted octanol–water partition coefficient (Wildman–Crippen LogP) is 2.48. The predicted molar refractivity (Wildman–Crippen MR) is 61.6 cm³/mol. The Kier molecular flexibility index (Phi) is 4.07. The normalized spacial score (nSPS) is 19.2. The molecule has 1 saturated heterocycles. The molecule has 4 heteroatoms. The third-order valence-corrected chi connectivity index (χ3v) is 3.33. The number of aliphatic hydroxyl groups is 1. The van der Waals surface area contributed by atoms with Gasteiger partial charge in [-0.1, -0.05) is 12.5 Å². The molecule has 2 nitrogen and oxygen atoms in total. The van der Waals surface area contributed by atoms with Crippen molar-refractivity contribution in [3.63, 3.8) is 0 Å². The first kappa shape index (κ1) is 12.5. The molecular formula is C13H17F2NO. The Bertz CT molecular complexity index is 378. The van der Waals surface area contributed by atoms with Crippen molar-refractivity contribution in [2.24, 2.45) is 0 Å². The van der Waals surface area contributed by atoms with Crippen LogP contribution in [0.5, 0.6) is 0 Å².